The zero-order valence-electron chi connectivity index (χ0n) is 12.4. The molecule has 0 saturated carbocycles. The van der Waals surface area contributed by atoms with E-state index in [0.717, 1.165) is 28.9 Å². The molecule has 0 aliphatic rings. The van der Waals surface area contributed by atoms with Crippen molar-refractivity contribution < 1.29 is 17.9 Å². The van der Waals surface area contributed by atoms with Gasteiger partial charge in [0.05, 0.1) is 23.4 Å². The summed E-state index contributed by atoms with van der Waals surface area (Å²) >= 11 is 3.47. The molecule has 0 fully saturated rings. The molecular weight excluding hydrogens is 358 g/mol. The Labute approximate surface area is 135 Å². The normalized spacial score (nSPS) is 11.6. The monoisotopic (exact) mass is 379 g/mol. The van der Waals surface area contributed by atoms with Gasteiger partial charge in [-0.05, 0) is 40.0 Å². The Balaban J connectivity index is 2.39. The first kappa shape index (κ1) is 18.4. The minimum absolute atomic E-state index is 0.145. The Morgan fingerprint density at radius 3 is 2.67 bits per heavy atom. The lowest BCUT2D eigenvalue weighted by Crippen LogP contribution is -2.18. The lowest BCUT2D eigenvalue weighted by atomic mass is 10.2. The Kier molecular flexibility index (Phi) is 8.24. The second-order valence-electron chi connectivity index (χ2n) is 4.77. The summed E-state index contributed by atoms with van der Waals surface area (Å²) in [4.78, 5) is 0. The maximum absolute atomic E-state index is 11.0. The van der Waals surface area contributed by atoms with Gasteiger partial charge in [0, 0.05) is 26.5 Å². The molecule has 0 atom stereocenters. The van der Waals surface area contributed by atoms with Gasteiger partial charge in [-0.25, -0.2) is 8.42 Å². The third-order valence-electron chi connectivity index (χ3n) is 2.73. The van der Waals surface area contributed by atoms with Crippen LogP contribution >= 0.6 is 15.9 Å². The van der Waals surface area contributed by atoms with Gasteiger partial charge in [-0.1, -0.05) is 6.07 Å². The van der Waals surface area contributed by atoms with Crippen molar-refractivity contribution in [2.45, 2.75) is 13.0 Å². The summed E-state index contributed by atoms with van der Waals surface area (Å²) < 4.78 is 33.5. The molecule has 0 aliphatic heterocycles. The molecule has 1 rings (SSSR count). The zero-order valence-corrected chi connectivity index (χ0v) is 14.8. The van der Waals surface area contributed by atoms with Gasteiger partial charge in [-0.3, -0.25) is 0 Å². The minimum atomic E-state index is -2.92. The topological polar surface area (TPSA) is 64.6 Å². The van der Waals surface area contributed by atoms with Crippen LogP contribution in [0.4, 0.5) is 0 Å². The Bertz CT molecular complexity index is 534. The van der Waals surface area contributed by atoms with Gasteiger partial charge in [0.1, 0.15) is 15.6 Å². The molecule has 0 amide bonds. The number of hydrogen-bond acceptors (Lipinski definition) is 5. The van der Waals surface area contributed by atoms with Crippen molar-refractivity contribution in [1.82, 2.24) is 5.32 Å². The molecule has 21 heavy (non-hydrogen) atoms. The van der Waals surface area contributed by atoms with E-state index in [1.54, 1.807) is 7.11 Å². The van der Waals surface area contributed by atoms with Gasteiger partial charge in [-0.15, -0.1) is 0 Å². The average Bonchev–Trinajstić information content (AvgIpc) is 2.40. The van der Waals surface area contributed by atoms with Crippen molar-refractivity contribution in [3.05, 3.63) is 28.2 Å². The molecule has 120 valence electrons. The van der Waals surface area contributed by atoms with E-state index in [1.807, 2.05) is 18.2 Å². The van der Waals surface area contributed by atoms with Crippen LogP contribution in [-0.2, 0) is 21.1 Å². The van der Waals surface area contributed by atoms with Crippen LogP contribution in [0.1, 0.15) is 12.0 Å². The van der Waals surface area contributed by atoms with Crippen LogP contribution in [0.2, 0.25) is 0 Å². The third-order valence-corrected chi connectivity index (χ3v) is 4.38. The van der Waals surface area contributed by atoms with Crippen LogP contribution in [0.5, 0.6) is 5.75 Å². The molecule has 7 heteroatoms. The number of nitrogens with one attached hydrogen (secondary N) is 1. The summed E-state index contributed by atoms with van der Waals surface area (Å²) in [5.74, 6) is 0.871. The highest BCUT2D eigenvalue weighted by Crippen LogP contribution is 2.26. The van der Waals surface area contributed by atoms with Crippen LogP contribution in [-0.4, -0.2) is 47.3 Å². The summed E-state index contributed by atoms with van der Waals surface area (Å²) in [6.45, 7) is 2.63. The quantitative estimate of drug-likeness (QED) is 0.629. The number of sulfone groups is 1. The average molecular weight is 380 g/mol. The predicted octanol–water partition coefficient (Wildman–Crippen LogP) is 2.00. The molecule has 0 bridgehead atoms. The molecule has 0 saturated heterocycles. The van der Waals surface area contributed by atoms with E-state index in [1.165, 1.54) is 6.26 Å². The second-order valence-corrected chi connectivity index (χ2v) is 7.88. The summed E-state index contributed by atoms with van der Waals surface area (Å²) in [6, 6.07) is 5.86. The van der Waals surface area contributed by atoms with Crippen LogP contribution in [0.15, 0.2) is 22.7 Å². The molecule has 0 unspecified atom stereocenters. The van der Waals surface area contributed by atoms with E-state index in [-0.39, 0.29) is 5.75 Å². The van der Waals surface area contributed by atoms with Crippen molar-refractivity contribution in [3.63, 3.8) is 0 Å². The molecule has 1 aromatic carbocycles. The smallest absolute Gasteiger partial charge is 0.147 e. The standard InChI is InChI=1S/C14H22BrNO4S/c1-19-8-6-16-11-12-4-5-14(13(15)10-12)20-7-3-9-21(2,17)18/h4-5,10,16H,3,6-9,11H2,1-2H3. The first-order chi connectivity index (χ1) is 9.92. The van der Waals surface area contributed by atoms with Crippen LogP contribution in [0.25, 0.3) is 0 Å². The number of ether oxygens (including phenoxy) is 2. The third kappa shape index (κ3) is 8.40. The van der Waals surface area contributed by atoms with Gasteiger partial charge >= 0.3 is 0 Å². The van der Waals surface area contributed by atoms with E-state index >= 15 is 0 Å². The molecule has 0 aliphatic carbocycles. The summed E-state index contributed by atoms with van der Waals surface area (Å²) in [5, 5.41) is 3.26. The van der Waals surface area contributed by atoms with Crippen LogP contribution < -0.4 is 10.1 Å². The summed E-state index contributed by atoms with van der Waals surface area (Å²) in [7, 11) is -1.25. The maximum atomic E-state index is 11.0. The number of halogens is 1. The van der Waals surface area contributed by atoms with Crippen molar-refractivity contribution >= 4 is 25.8 Å². The SMILES string of the molecule is COCCNCc1ccc(OCCCS(C)(=O)=O)c(Br)c1. The van der Waals surface area contributed by atoms with Gasteiger partial charge in [0.2, 0.25) is 0 Å². The fourth-order valence-corrected chi connectivity index (χ4v) is 2.86. The number of methoxy groups -OCH3 is 1. The van der Waals surface area contributed by atoms with E-state index in [2.05, 4.69) is 21.2 Å². The first-order valence-corrected chi connectivity index (χ1v) is 9.56. The lowest BCUT2D eigenvalue weighted by molar-refractivity contribution is 0.199. The molecule has 0 heterocycles. The van der Waals surface area contributed by atoms with Gasteiger partial charge in [-0.2, -0.15) is 0 Å². The van der Waals surface area contributed by atoms with Crippen LogP contribution in [0.3, 0.4) is 0 Å². The van der Waals surface area contributed by atoms with Crippen molar-refractivity contribution in [1.29, 1.82) is 0 Å². The highest BCUT2D eigenvalue weighted by Gasteiger charge is 2.05. The van der Waals surface area contributed by atoms with Crippen molar-refractivity contribution in [2.24, 2.45) is 0 Å². The molecule has 0 radical (unpaired) electrons. The van der Waals surface area contributed by atoms with Gasteiger partial charge in [0.25, 0.3) is 0 Å². The molecule has 5 nitrogen and oxygen atoms in total. The summed E-state index contributed by atoms with van der Waals surface area (Å²) in [6.07, 6.45) is 1.72. The van der Waals surface area contributed by atoms with Crippen molar-refractivity contribution in [2.75, 3.05) is 38.9 Å². The molecule has 0 aromatic heterocycles. The lowest BCUT2D eigenvalue weighted by Gasteiger charge is -2.10. The van der Waals surface area contributed by atoms with E-state index in [4.69, 9.17) is 9.47 Å². The maximum Gasteiger partial charge on any atom is 0.147 e. The Morgan fingerprint density at radius 2 is 2.05 bits per heavy atom. The number of benzene rings is 1. The molecular formula is C14H22BrNO4S. The Hall–Kier alpha value is -0.630. The van der Waals surface area contributed by atoms with Gasteiger partial charge < -0.3 is 14.8 Å². The highest BCUT2D eigenvalue weighted by atomic mass is 79.9. The molecule has 1 aromatic rings. The fraction of sp³-hybridized carbons (Fsp3) is 0.571. The highest BCUT2D eigenvalue weighted by molar-refractivity contribution is 9.10. The van der Waals surface area contributed by atoms with Crippen molar-refractivity contribution in [3.8, 4) is 5.75 Å². The number of hydrogen-bond donors (Lipinski definition) is 1. The first-order valence-electron chi connectivity index (χ1n) is 6.71. The second kappa shape index (κ2) is 9.40. The molecule has 0 spiro atoms. The largest absolute Gasteiger partial charge is 0.492 e. The number of rotatable bonds is 10. The fourth-order valence-electron chi connectivity index (χ4n) is 1.68. The molecule has 1 N–H and O–H groups in total. The predicted molar refractivity (Wildman–Crippen MR) is 87.5 cm³/mol. The van der Waals surface area contributed by atoms with Crippen LogP contribution in [0, 0.1) is 0 Å². The minimum Gasteiger partial charge on any atom is -0.492 e. The zero-order chi connectivity index (χ0) is 15.7. The van der Waals surface area contributed by atoms with E-state index < -0.39 is 9.84 Å². The Morgan fingerprint density at radius 1 is 1.29 bits per heavy atom. The van der Waals surface area contributed by atoms with E-state index in [0.29, 0.717) is 19.6 Å². The summed E-state index contributed by atoms with van der Waals surface area (Å²) in [5.41, 5.74) is 1.14. The van der Waals surface area contributed by atoms with Gasteiger partial charge in [0.15, 0.2) is 0 Å². The van der Waals surface area contributed by atoms with E-state index in [9.17, 15) is 8.42 Å².